The molecule has 1 unspecified atom stereocenters. The predicted octanol–water partition coefficient (Wildman–Crippen LogP) is 4.93. The maximum atomic E-state index is 14.5. The molecule has 5 atom stereocenters. The van der Waals surface area contributed by atoms with E-state index in [0.717, 1.165) is 30.8 Å². The van der Waals surface area contributed by atoms with Gasteiger partial charge in [0.25, 0.3) is 5.92 Å². The van der Waals surface area contributed by atoms with Crippen molar-refractivity contribution in [1.82, 2.24) is 24.0 Å². The lowest BCUT2D eigenvalue weighted by Gasteiger charge is -2.48. The molecule has 8 nitrogen and oxygen atoms in total. The minimum Gasteiger partial charge on any atom is -0.376 e. The van der Waals surface area contributed by atoms with Gasteiger partial charge in [-0.05, 0) is 51.3 Å². The van der Waals surface area contributed by atoms with E-state index >= 15 is 0 Å². The molecular formula is C29H35F5N6O2. The Balaban J connectivity index is 1.32. The van der Waals surface area contributed by atoms with Crippen LogP contribution in [0.25, 0.3) is 11.2 Å². The number of aromatic nitrogens is 4. The molecule has 228 valence electrons. The van der Waals surface area contributed by atoms with E-state index in [9.17, 15) is 26.7 Å². The standard InChI is InChI=1S/C29H35F5N6O2/c1-16-14-39(25-23-26(37(4)27(41)36-25)40(18(3)35-23)15-21-6-5-11-42-21)17(2)13-38(16)24(22-12-28(22,30)31)19-7-9-20(10-8-19)29(32,33)34/h7-10,16-17,21-22,24H,5-6,11-15H2,1-4H3/t16-,17+,21+,22-,24?/m1/s1. The highest BCUT2D eigenvalue weighted by Gasteiger charge is 2.62. The zero-order chi connectivity index (χ0) is 30.1. The summed E-state index contributed by atoms with van der Waals surface area (Å²) in [5.74, 6) is -2.67. The molecule has 13 heteroatoms. The number of hydrogen-bond donors (Lipinski definition) is 0. The molecular weight excluding hydrogens is 559 g/mol. The molecule has 1 aromatic carbocycles. The van der Waals surface area contributed by atoms with Gasteiger partial charge in [0.15, 0.2) is 5.82 Å². The molecule has 3 aliphatic rings. The fourth-order valence-electron chi connectivity index (χ4n) is 6.70. The quantitative estimate of drug-likeness (QED) is 0.377. The van der Waals surface area contributed by atoms with Gasteiger partial charge in [-0.3, -0.25) is 9.47 Å². The van der Waals surface area contributed by atoms with E-state index in [1.807, 2.05) is 35.1 Å². The minimum atomic E-state index is -4.51. The van der Waals surface area contributed by atoms with E-state index in [4.69, 9.17) is 9.72 Å². The average molecular weight is 595 g/mol. The van der Waals surface area contributed by atoms with Crippen LogP contribution in [0.3, 0.4) is 0 Å². The second-order valence-corrected chi connectivity index (χ2v) is 12.0. The Morgan fingerprint density at radius 3 is 2.38 bits per heavy atom. The summed E-state index contributed by atoms with van der Waals surface area (Å²) in [7, 11) is 1.67. The number of aryl methyl sites for hydroxylation is 2. The monoisotopic (exact) mass is 594 g/mol. The smallest absolute Gasteiger partial charge is 0.376 e. The molecule has 3 fully saturated rings. The van der Waals surface area contributed by atoms with Crippen LogP contribution in [0, 0.1) is 12.8 Å². The van der Waals surface area contributed by atoms with Crippen molar-refractivity contribution in [2.75, 3.05) is 24.6 Å². The van der Waals surface area contributed by atoms with Crippen molar-refractivity contribution in [2.45, 2.75) is 82.9 Å². The lowest BCUT2D eigenvalue weighted by atomic mass is 9.95. The third-order valence-electron chi connectivity index (χ3n) is 9.06. The fraction of sp³-hybridized carbons (Fsp3) is 0.621. The molecule has 0 bridgehead atoms. The first-order chi connectivity index (χ1) is 19.8. The topological polar surface area (TPSA) is 68.4 Å². The highest BCUT2D eigenvalue weighted by Crippen LogP contribution is 2.57. The summed E-state index contributed by atoms with van der Waals surface area (Å²) < 4.78 is 77.9. The second kappa shape index (κ2) is 10.3. The van der Waals surface area contributed by atoms with Crippen LogP contribution in [0.15, 0.2) is 29.1 Å². The lowest BCUT2D eigenvalue weighted by molar-refractivity contribution is -0.137. The van der Waals surface area contributed by atoms with Crippen LogP contribution in [0.5, 0.6) is 0 Å². The number of imidazole rings is 1. The van der Waals surface area contributed by atoms with Gasteiger partial charge >= 0.3 is 11.9 Å². The number of piperazine rings is 1. The van der Waals surface area contributed by atoms with Gasteiger partial charge < -0.3 is 14.2 Å². The molecule has 0 spiro atoms. The van der Waals surface area contributed by atoms with Gasteiger partial charge in [0, 0.05) is 57.2 Å². The molecule has 2 aromatic heterocycles. The fourth-order valence-corrected chi connectivity index (χ4v) is 6.70. The van der Waals surface area contributed by atoms with E-state index in [-0.39, 0.29) is 24.6 Å². The number of hydrogen-bond acceptors (Lipinski definition) is 6. The van der Waals surface area contributed by atoms with Crippen LogP contribution in [0.1, 0.15) is 56.1 Å². The van der Waals surface area contributed by atoms with E-state index < -0.39 is 35.3 Å². The molecule has 1 saturated carbocycles. The number of anilines is 1. The number of halogens is 5. The largest absolute Gasteiger partial charge is 0.416 e. The van der Waals surface area contributed by atoms with Gasteiger partial charge in [-0.1, -0.05) is 12.1 Å². The van der Waals surface area contributed by atoms with Gasteiger partial charge in [0.05, 0.1) is 18.2 Å². The third kappa shape index (κ3) is 5.08. The Kier molecular flexibility index (Phi) is 7.11. The number of ether oxygens (including phenoxy) is 1. The Bertz CT molecular complexity index is 1530. The first-order valence-electron chi connectivity index (χ1n) is 14.4. The van der Waals surface area contributed by atoms with E-state index in [2.05, 4.69) is 4.98 Å². The van der Waals surface area contributed by atoms with Gasteiger partial charge in [0.1, 0.15) is 17.0 Å². The van der Waals surface area contributed by atoms with Crippen molar-refractivity contribution in [2.24, 2.45) is 13.0 Å². The molecule has 2 saturated heterocycles. The van der Waals surface area contributed by atoms with Gasteiger partial charge in [-0.25, -0.2) is 18.6 Å². The van der Waals surface area contributed by atoms with Crippen LogP contribution in [0.4, 0.5) is 27.8 Å². The number of nitrogens with zero attached hydrogens (tertiary/aromatic N) is 6. The van der Waals surface area contributed by atoms with Crippen LogP contribution in [-0.4, -0.2) is 67.8 Å². The van der Waals surface area contributed by atoms with E-state index in [1.165, 1.54) is 16.7 Å². The maximum absolute atomic E-state index is 14.5. The molecule has 3 aromatic rings. The summed E-state index contributed by atoms with van der Waals surface area (Å²) in [5.41, 5.74) is 0.450. The molecule has 6 rings (SSSR count). The van der Waals surface area contributed by atoms with Crippen molar-refractivity contribution in [3.8, 4) is 0 Å². The van der Waals surface area contributed by atoms with Gasteiger partial charge in [-0.15, -0.1) is 0 Å². The summed E-state index contributed by atoms with van der Waals surface area (Å²) in [5, 5.41) is 0. The zero-order valence-corrected chi connectivity index (χ0v) is 24.0. The molecule has 1 aliphatic carbocycles. The van der Waals surface area contributed by atoms with Crippen molar-refractivity contribution >= 4 is 17.0 Å². The summed E-state index contributed by atoms with van der Waals surface area (Å²) in [4.78, 5) is 26.3. The molecule has 2 aliphatic heterocycles. The van der Waals surface area contributed by atoms with Crippen molar-refractivity contribution in [3.63, 3.8) is 0 Å². The highest BCUT2D eigenvalue weighted by molar-refractivity contribution is 5.84. The number of rotatable bonds is 6. The SMILES string of the molecule is Cc1nc2c(N3C[C@@H](C)N(C(c4ccc(C(F)(F)F)cc4)[C@H]4CC4(F)F)C[C@@H]3C)nc(=O)n(C)c2n1C[C@@H]1CCCO1. The van der Waals surface area contributed by atoms with Crippen LogP contribution < -0.4 is 10.6 Å². The Morgan fingerprint density at radius 1 is 1.10 bits per heavy atom. The Morgan fingerprint density at radius 2 is 1.79 bits per heavy atom. The first kappa shape index (κ1) is 29.0. The lowest BCUT2D eigenvalue weighted by Crippen LogP contribution is -2.58. The van der Waals surface area contributed by atoms with Crippen LogP contribution in [-0.2, 0) is 24.5 Å². The number of benzene rings is 1. The van der Waals surface area contributed by atoms with Gasteiger partial charge in [-0.2, -0.15) is 18.2 Å². The minimum absolute atomic E-state index is 0.0398. The summed E-state index contributed by atoms with van der Waals surface area (Å²) in [6, 6.07) is 3.32. The van der Waals surface area contributed by atoms with Crippen molar-refractivity contribution in [1.29, 1.82) is 0 Å². The van der Waals surface area contributed by atoms with E-state index in [0.29, 0.717) is 48.8 Å². The Hall–Kier alpha value is -3.06. The molecule has 4 heterocycles. The second-order valence-electron chi connectivity index (χ2n) is 12.0. The Labute approximate surface area is 240 Å². The molecule has 0 radical (unpaired) electrons. The molecule has 42 heavy (non-hydrogen) atoms. The van der Waals surface area contributed by atoms with Crippen molar-refractivity contribution < 1.29 is 26.7 Å². The first-order valence-corrected chi connectivity index (χ1v) is 14.4. The van der Waals surface area contributed by atoms with Gasteiger partial charge in [0.2, 0.25) is 0 Å². The number of alkyl halides is 5. The molecule has 0 N–H and O–H groups in total. The summed E-state index contributed by atoms with van der Waals surface area (Å²) >= 11 is 0. The summed E-state index contributed by atoms with van der Waals surface area (Å²) in [6.07, 6.45) is -2.86. The third-order valence-corrected chi connectivity index (χ3v) is 9.06. The average Bonchev–Trinajstić information content (AvgIpc) is 3.23. The predicted molar refractivity (Wildman–Crippen MR) is 147 cm³/mol. The highest BCUT2D eigenvalue weighted by atomic mass is 19.4. The van der Waals surface area contributed by atoms with Crippen LogP contribution in [0.2, 0.25) is 0 Å². The maximum Gasteiger partial charge on any atom is 0.416 e. The van der Waals surface area contributed by atoms with Crippen molar-refractivity contribution in [3.05, 3.63) is 51.7 Å². The molecule has 0 amide bonds. The summed E-state index contributed by atoms with van der Waals surface area (Å²) in [6.45, 7) is 7.75. The zero-order valence-electron chi connectivity index (χ0n) is 24.0. The van der Waals surface area contributed by atoms with E-state index in [1.54, 1.807) is 7.05 Å². The van der Waals surface area contributed by atoms with Crippen LogP contribution >= 0.6 is 0 Å². The number of fused-ring (bicyclic) bond motifs is 1. The normalized spacial score (nSPS) is 27.1.